The molecule has 0 amide bonds. The van der Waals surface area contributed by atoms with Crippen LogP contribution >= 0.6 is 0 Å². The lowest BCUT2D eigenvalue weighted by atomic mass is 9.95. The van der Waals surface area contributed by atoms with Crippen LogP contribution in [0.3, 0.4) is 0 Å². The number of pyridine rings is 1. The minimum atomic E-state index is 0.499. The van der Waals surface area contributed by atoms with Crippen molar-refractivity contribution in [3.63, 3.8) is 0 Å². The summed E-state index contributed by atoms with van der Waals surface area (Å²) in [6, 6.07) is 1.79. The smallest absolute Gasteiger partial charge is 0.107 e. The Labute approximate surface area is 97.8 Å². The summed E-state index contributed by atoms with van der Waals surface area (Å²) >= 11 is 0. The first-order valence-electron chi connectivity index (χ1n) is 5.81. The molecule has 0 fully saturated rings. The van der Waals surface area contributed by atoms with E-state index < -0.39 is 0 Å². The first-order valence-corrected chi connectivity index (χ1v) is 5.81. The van der Waals surface area contributed by atoms with Gasteiger partial charge in [-0.05, 0) is 31.2 Å². The van der Waals surface area contributed by atoms with Crippen LogP contribution in [0.25, 0.3) is 0 Å². The van der Waals surface area contributed by atoms with E-state index in [1.165, 1.54) is 0 Å². The van der Waals surface area contributed by atoms with Gasteiger partial charge >= 0.3 is 0 Å². The van der Waals surface area contributed by atoms with Crippen molar-refractivity contribution in [1.29, 1.82) is 0 Å². The van der Waals surface area contributed by atoms with Gasteiger partial charge < -0.3 is 5.73 Å². The zero-order valence-corrected chi connectivity index (χ0v) is 10.6. The van der Waals surface area contributed by atoms with Gasteiger partial charge in [0, 0.05) is 12.4 Å². The maximum Gasteiger partial charge on any atom is 0.107 e. The van der Waals surface area contributed by atoms with Gasteiger partial charge in [-0.1, -0.05) is 20.8 Å². The molecule has 1 heterocycles. The van der Waals surface area contributed by atoms with Gasteiger partial charge in [-0.3, -0.25) is 9.98 Å². The molecule has 3 heteroatoms. The molecule has 1 unspecified atom stereocenters. The highest BCUT2D eigenvalue weighted by molar-refractivity contribution is 5.73. The van der Waals surface area contributed by atoms with Gasteiger partial charge in [0.15, 0.2) is 0 Å². The number of rotatable bonds is 4. The summed E-state index contributed by atoms with van der Waals surface area (Å²) in [6.07, 6.45) is 4.81. The van der Waals surface area contributed by atoms with Crippen LogP contribution in [0.2, 0.25) is 0 Å². The number of aliphatic imine (C=N–C) groups is 1. The summed E-state index contributed by atoms with van der Waals surface area (Å²) in [7, 11) is 0. The van der Waals surface area contributed by atoms with Gasteiger partial charge in [0.1, 0.15) is 5.69 Å². The van der Waals surface area contributed by atoms with E-state index in [9.17, 15) is 0 Å². The zero-order chi connectivity index (χ0) is 12.1. The van der Waals surface area contributed by atoms with Crippen LogP contribution in [0.15, 0.2) is 17.3 Å². The van der Waals surface area contributed by atoms with Crippen LogP contribution in [0.4, 0.5) is 11.4 Å². The highest BCUT2D eigenvalue weighted by Gasteiger charge is 2.08. The SMILES string of the molecule is CCC(C=Nc1c(N)ccnc1C)C(C)C. The van der Waals surface area contributed by atoms with E-state index in [-0.39, 0.29) is 0 Å². The lowest BCUT2D eigenvalue weighted by Crippen LogP contribution is -2.08. The summed E-state index contributed by atoms with van der Waals surface area (Å²) in [5.41, 5.74) is 8.26. The van der Waals surface area contributed by atoms with E-state index >= 15 is 0 Å². The highest BCUT2D eigenvalue weighted by atomic mass is 14.8. The molecule has 0 aliphatic carbocycles. The Hall–Kier alpha value is -1.38. The van der Waals surface area contributed by atoms with Gasteiger partial charge in [-0.25, -0.2) is 0 Å². The molecule has 0 saturated heterocycles. The van der Waals surface area contributed by atoms with E-state index in [0.29, 0.717) is 17.5 Å². The number of aromatic nitrogens is 1. The predicted octanol–water partition coefficient (Wildman–Crippen LogP) is 3.36. The molecular formula is C13H21N3. The second-order valence-corrected chi connectivity index (χ2v) is 4.43. The number of hydrogen-bond acceptors (Lipinski definition) is 3. The Kier molecular flexibility index (Phi) is 4.47. The van der Waals surface area contributed by atoms with Gasteiger partial charge in [-0.2, -0.15) is 0 Å². The van der Waals surface area contributed by atoms with Crippen molar-refractivity contribution in [1.82, 2.24) is 4.98 Å². The van der Waals surface area contributed by atoms with E-state index in [4.69, 9.17) is 5.73 Å². The fraction of sp³-hybridized carbons (Fsp3) is 0.538. The van der Waals surface area contributed by atoms with Crippen molar-refractivity contribution in [3.05, 3.63) is 18.0 Å². The van der Waals surface area contributed by atoms with E-state index in [2.05, 4.69) is 30.7 Å². The van der Waals surface area contributed by atoms with Crippen molar-refractivity contribution in [2.75, 3.05) is 5.73 Å². The fourth-order valence-corrected chi connectivity index (χ4v) is 1.67. The standard InChI is InChI=1S/C13H21N3/c1-5-11(9(2)3)8-16-13-10(4)15-7-6-12(13)14/h6-9,11H,5H2,1-4H3,(H2,14,15). The molecule has 0 aliphatic heterocycles. The number of aryl methyl sites for hydroxylation is 1. The van der Waals surface area contributed by atoms with Gasteiger partial charge in [0.2, 0.25) is 0 Å². The third-order valence-electron chi connectivity index (χ3n) is 2.86. The quantitative estimate of drug-likeness (QED) is 0.789. The third-order valence-corrected chi connectivity index (χ3v) is 2.86. The van der Waals surface area contributed by atoms with Crippen molar-refractivity contribution in [3.8, 4) is 0 Å². The number of nitrogens with two attached hydrogens (primary N) is 1. The van der Waals surface area contributed by atoms with E-state index in [0.717, 1.165) is 17.8 Å². The second-order valence-electron chi connectivity index (χ2n) is 4.43. The average molecular weight is 219 g/mol. The number of nitrogen functional groups attached to an aromatic ring is 1. The summed E-state index contributed by atoms with van der Waals surface area (Å²) in [6.45, 7) is 8.52. The molecule has 1 aromatic rings. The highest BCUT2D eigenvalue weighted by Crippen LogP contribution is 2.24. The molecule has 0 saturated carbocycles. The van der Waals surface area contributed by atoms with Crippen LogP contribution in [0, 0.1) is 18.8 Å². The number of hydrogen-bond donors (Lipinski definition) is 1. The first kappa shape index (κ1) is 12.7. The van der Waals surface area contributed by atoms with Crippen molar-refractivity contribution in [2.45, 2.75) is 34.1 Å². The van der Waals surface area contributed by atoms with Gasteiger partial charge in [0.05, 0.1) is 11.4 Å². The lowest BCUT2D eigenvalue weighted by Gasteiger charge is -2.13. The third kappa shape index (κ3) is 3.05. The Morgan fingerprint density at radius 1 is 1.50 bits per heavy atom. The molecule has 16 heavy (non-hydrogen) atoms. The Bertz CT molecular complexity index is 349. The molecule has 0 aromatic carbocycles. The molecule has 88 valence electrons. The minimum Gasteiger partial charge on any atom is -0.397 e. The largest absolute Gasteiger partial charge is 0.397 e. The maximum absolute atomic E-state index is 5.87. The Morgan fingerprint density at radius 3 is 2.69 bits per heavy atom. The summed E-state index contributed by atoms with van der Waals surface area (Å²) in [4.78, 5) is 8.68. The summed E-state index contributed by atoms with van der Waals surface area (Å²) in [5, 5.41) is 0. The molecule has 1 rings (SSSR count). The molecule has 1 aromatic heterocycles. The van der Waals surface area contributed by atoms with E-state index in [1.54, 1.807) is 12.3 Å². The average Bonchev–Trinajstić information content (AvgIpc) is 2.22. The minimum absolute atomic E-state index is 0.499. The fourth-order valence-electron chi connectivity index (χ4n) is 1.67. The van der Waals surface area contributed by atoms with E-state index in [1.807, 2.05) is 13.1 Å². The normalized spacial score (nSPS) is 13.6. The zero-order valence-electron chi connectivity index (χ0n) is 10.6. The van der Waals surface area contributed by atoms with Crippen molar-refractivity contribution < 1.29 is 0 Å². The topological polar surface area (TPSA) is 51.3 Å². The van der Waals surface area contributed by atoms with Gasteiger partial charge in [-0.15, -0.1) is 0 Å². The first-order chi connectivity index (χ1) is 7.56. The monoisotopic (exact) mass is 219 g/mol. The van der Waals surface area contributed by atoms with Crippen molar-refractivity contribution in [2.24, 2.45) is 16.8 Å². The van der Waals surface area contributed by atoms with Gasteiger partial charge in [0.25, 0.3) is 0 Å². The molecular weight excluding hydrogens is 198 g/mol. The van der Waals surface area contributed by atoms with Crippen LogP contribution in [0.1, 0.15) is 32.9 Å². The molecule has 0 aliphatic rings. The van der Waals surface area contributed by atoms with Crippen LogP contribution in [0.5, 0.6) is 0 Å². The van der Waals surface area contributed by atoms with Crippen LogP contribution in [-0.2, 0) is 0 Å². The molecule has 0 bridgehead atoms. The molecule has 3 nitrogen and oxygen atoms in total. The summed E-state index contributed by atoms with van der Waals surface area (Å²) < 4.78 is 0. The molecule has 1 atom stereocenters. The maximum atomic E-state index is 5.87. The second kappa shape index (κ2) is 5.64. The van der Waals surface area contributed by atoms with Crippen LogP contribution in [-0.4, -0.2) is 11.2 Å². The predicted molar refractivity (Wildman–Crippen MR) is 70.2 cm³/mol. The Balaban J connectivity index is 2.91. The number of anilines is 1. The Morgan fingerprint density at radius 2 is 2.19 bits per heavy atom. The van der Waals surface area contributed by atoms with Crippen molar-refractivity contribution >= 4 is 17.6 Å². The molecule has 0 radical (unpaired) electrons. The molecule has 0 spiro atoms. The number of nitrogens with zero attached hydrogens (tertiary/aromatic N) is 2. The van der Waals surface area contributed by atoms with Crippen LogP contribution < -0.4 is 5.73 Å². The summed E-state index contributed by atoms with van der Waals surface area (Å²) in [5.74, 6) is 1.10. The lowest BCUT2D eigenvalue weighted by molar-refractivity contribution is 0.489. The molecule has 2 N–H and O–H groups in total.